The largest absolute Gasteiger partial charge is 0.354 e. The molecular weight excluding hydrogens is 485 g/mol. The molecule has 0 aliphatic heterocycles. The molecular formula is C20H34IN5O3. The van der Waals surface area contributed by atoms with E-state index in [2.05, 4.69) is 36.4 Å². The zero-order valence-electron chi connectivity index (χ0n) is 18.0. The number of amides is 1. The van der Waals surface area contributed by atoms with E-state index in [0.717, 1.165) is 18.4 Å². The molecule has 1 aromatic carbocycles. The number of carbonyl (C=O) groups is 1. The van der Waals surface area contributed by atoms with Crippen LogP contribution in [0.4, 0.5) is 5.69 Å². The number of carbonyl (C=O) groups excluding carboxylic acids is 1. The first-order valence-electron chi connectivity index (χ1n) is 9.67. The van der Waals surface area contributed by atoms with Crippen molar-refractivity contribution in [3.05, 3.63) is 39.9 Å². The number of rotatable bonds is 10. The Morgan fingerprint density at radius 2 is 1.79 bits per heavy atom. The average Bonchev–Trinajstić information content (AvgIpc) is 2.63. The van der Waals surface area contributed by atoms with E-state index in [1.165, 1.54) is 23.5 Å². The second-order valence-electron chi connectivity index (χ2n) is 7.60. The molecule has 8 nitrogen and oxygen atoms in total. The number of aliphatic imine (C=N–C) groups is 1. The van der Waals surface area contributed by atoms with Crippen molar-refractivity contribution in [3.63, 3.8) is 0 Å². The van der Waals surface area contributed by atoms with Crippen molar-refractivity contribution < 1.29 is 9.72 Å². The minimum Gasteiger partial charge on any atom is -0.354 e. The molecule has 1 aromatic rings. The summed E-state index contributed by atoms with van der Waals surface area (Å²) in [4.78, 5) is 28.3. The van der Waals surface area contributed by atoms with Gasteiger partial charge in [0, 0.05) is 32.3 Å². The third-order valence-electron chi connectivity index (χ3n) is 4.27. The van der Waals surface area contributed by atoms with Crippen LogP contribution in [0.3, 0.4) is 0 Å². The van der Waals surface area contributed by atoms with Crippen molar-refractivity contribution in [2.75, 3.05) is 20.6 Å². The molecule has 0 aliphatic carbocycles. The summed E-state index contributed by atoms with van der Waals surface area (Å²) in [6.07, 6.45) is 3.31. The van der Waals surface area contributed by atoms with Gasteiger partial charge in [0.2, 0.25) is 5.91 Å². The first-order valence-corrected chi connectivity index (χ1v) is 9.67. The van der Waals surface area contributed by atoms with E-state index in [9.17, 15) is 14.9 Å². The summed E-state index contributed by atoms with van der Waals surface area (Å²) in [7, 11) is 3.42. The van der Waals surface area contributed by atoms with Crippen molar-refractivity contribution in [2.24, 2.45) is 10.9 Å². The van der Waals surface area contributed by atoms with E-state index in [4.69, 9.17) is 0 Å². The van der Waals surface area contributed by atoms with Crippen molar-refractivity contribution in [3.8, 4) is 0 Å². The topological polar surface area (TPSA) is 99.9 Å². The maximum Gasteiger partial charge on any atom is 0.269 e. The SMILES string of the molecule is CC(C)CCCC(C)NC(=NCc1ccc([N+](=O)[O-])cc1)NCC(=O)N(C)C.I. The number of non-ortho nitro benzene ring substituents is 1. The summed E-state index contributed by atoms with van der Waals surface area (Å²) < 4.78 is 0. The lowest BCUT2D eigenvalue weighted by molar-refractivity contribution is -0.384. The highest BCUT2D eigenvalue weighted by molar-refractivity contribution is 14.0. The highest BCUT2D eigenvalue weighted by Crippen LogP contribution is 2.12. The number of nitro groups is 1. The molecule has 0 heterocycles. The lowest BCUT2D eigenvalue weighted by atomic mass is 10.0. The Kier molecular flexibility index (Phi) is 13.2. The predicted molar refractivity (Wildman–Crippen MR) is 128 cm³/mol. The highest BCUT2D eigenvalue weighted by atomic mass is 127. The Morgan fingerprint density at radius 1 is 1.17 bits per heavy atom. The van der Waals surface area contributed by atoms with Crippen molar-refractivity contribution in [1.82, 2.24) is 15.5 Å². The summed E-state index contributed by atoms with van der Waals surface area (Å²) in [5, 5.41) is 17.2. The highest BCUT2D eigenvalue weighted by Gasteiger charge is 2.10. The minimum absolute atomic E-state index is 0. The monoisotopic (exact) mass is 519 g/mol. The van der Waals surface area contributed by atoms with Gasteiger partial charge in [-0.15, -0.1) is 24.0 Å². The van der Waals surface area contributed by atoms with Crippen LogP contribution in [0, 0.1) is 16.0 Å². The van der Waals surface area contributed by atoms with Crippen LogP contribution >= 0.6 is 24.0 Å². The molecule has 1 unspecified atom stereocenters. The molecule has 1 rings (SSSR count). The third-order valence-corrected chi connectivity index (χ3v) is 4.27. The summed E-state index contributed by atoms with van der Waals surface area (Å²) in [6.45, 7) is 7.03. The molecule has 0 aromatic heterocycles. The predicted octanol–water partition coefficient (Wildman–Crippen LogP) is 3.55. The second kappa shape index (κ2) is 14.1. The number of likely N-dealkylation sites (N-methyl/N-ethyl adjacent to an activating group) is 1. The van der Waals surface area contributed by atoms with Gasteiger partial charge in [0.15, 0.2) is 5.96 Å². The number of halogens is 1. The summed E-state index contributed by atoms with van der Waals surface area (Å²) >= 11 is 0. The zero-order valence-corrected chi connectivity index (χ0v) is 20.3. The lowest BCUT2D eigenvalue weighted by Crippen LogP contribution is -2.46. The quantitative estimate of drug-likeness (QED) is 0.162. The third kappa shape index (κ3) is 11.6. The van der Waals surface area contributed by atoms with E-state index >= 15 is 0 Å². The van der Waals surface area contributed by atoms with Gasteiger partial charge in [-0.1, -0.05) is 38.8 Å². The molecule has 0 radical (unpaired) electrons. The Hall–Kier alpha value is -1.91. The van der Waals surface area contributed by atoms with Gasteiger partial charge >= 0.3 is 0 Å². The number of benzene rings is 1. The number of nitro benzene ring substituents is 1. The molecule has 29 heavy (non-hydrogen) atoms. The van der Waals surface area contributed by atoms with E-state index < -0.39 is 4.92 Å². The van der Waals surface area contributed by atoms with Gasteiger partial charge in [-0.25, -0.2) is 4.99 Å². The molecule has 0 aliphatic rings. The molecule has 1 atom stereocenters. The zero-order chi connectivity index (χ0) is 21.1. The Balaban J connectivity index is 0.00000784. The van der Waals surface area contributed by atoms with Gasteiger partial charge in [-0.3, -0.25) is 14.9 Å². The lowest BCUT2D eigenvalue weighted by Gasteiger charge is -2.19. The Labute approximate surface area is 190 Å². The molecule has 1 amide bonds. The maximum absolute atomic E-state index is 11.9. The van der Waals surface area contributed by atoms with Crippen LogP contribution < -0.4 is 10.6 Å². The molecule has 0 saturated heterocycles. The van der Waals surface area contributed by atoms with Crippen LogP contribution in [0.15, 0.2) is 29.3 Å². The molecule has 9 heteroatoms. The van der Waals surface area contributed by atoms with Crippen LogP contribution in [0.1, 0.15) is 45.6 Å². The molecule has 0 saturated carbocycles. The summed E-state index contributed by atoms with van der Waals surface area (Å²) in [5.41, 5.74) is 0.914. The number of hydrogen-bond donors (Lipinski definition) is 2. The standard InChI is InChI=1S/C20H33N5O3.HI/c1-15(2)7-6-8-16(3)23-20(22-14-19(26)24(4)5)21-13-17-9-11-18(12-10-17)25(27)28;/h9-12,15-16H,6-8,13-14H2,1-5H3,(H2,21,22,23);1H. The molecule has 0 fully saturated rings. The summed E-state index contributed by atoms with van der Waals surface area (Å²) in [5.74, 6) is 1.20. The van der Waals surface area contributed by atoms with Crippen LogP contribution in [0.25, 0.3) is 0 Å². The Morgan fingerprint density at radius 3 is 2.31 bits per heavy atom. The van der Waals surface area contributed by atoms with Crippen molar-refractivity contribution in [1.29, 1.82) is 0 Å². The van der Waals surface area contributed by atoms with Crippen molar-refractivity contribution >= 4 is 41.5 Å². The van der Waals surface area contributed by atoms with Crippen LogP contribution in [0.5, 0.6) is 0 Å². The fourth-order valence-corrected chi connectivity index (χ4v) is 2.50. The Bertz CT molecular complexity index is 663. The fourth-order valence-electron chi connectivity index (χ4n) is 2.50. The average molecular weight is 519 g/mol. The van der Waals surface area contributed by atoms with Gasteiger partial charge < -0.3 is 15.5 Å². The molecule has 0 spiro atoms. The summed E-state index contributed by atoms with van der Waals surface area (Å²) in [6, 6.07) is 6.54. The minimum atomic E-state index is -0.423. The smallest absolute Gasteiger partial charge is 0.269 e. The van der Waals surface area contributed by atoms with E-state index in [1.807, 2.05) is 0 Å². The second-order valence-corrected chi connectivity index (χ2v) is 7.60. The normalized spacial score (nSPS) is 12.1. The molecule has 0 bridgehead atoms. The van der Waals surface area contributed by atoms with E-state index in [-0.39, 0.29) is 48.2 Å². The van der Waals surface area contributed by atoms with Crippen LogP contribution in [0.2, 0.25) is 0 Å². The molecule has 164 valence electrons. The number of hydrogen-bond acceptors (Lipinski definition) is 4. The number of nitrogens with zero attached hydrogens (tertiary/aromatic N) is 3. The van der Waals surface area contributed by atoms with Gasteiger partial charge in [0.1, 0.15) is 0 Å². The van der Waals surface area contributed by atoms with Gasteiger partial charge in [-0.05, 0) is 24.8 Å². The van der Waals surface area contributed by atoms with Crippen molar-refractivity contribution in [2.45, 2.75) is 52.6 Å². The first-order chi connectivity index (χ1) is 13.2. The molecule has 2 N–H and O–H groups in total. The van der Waals surface area contributed by atoms with Gasteiger partial charge in [0.05, 0.1) is 18.0 Å². The van der Waals surface area contributed by atoms with E-state index in [0.29, 0.717) is 18.4 Å². The van der Waals surface area contributed by atoms with Gasteiger partial charge in [0.25, 0.3) is 5.69 Å². The van der Waals surface area contributed by atoms with Gasteiger partial charge in [-0.2, -0.15) is 0 Å². The van der Waals surface area contributed by atoms with Crippen LogP contribution in [-0.2, 0) is 11.3 Å². The number of guanidine groups is 1. The van der Waals surface area contributed by atoms with E-state index in [1.54, 1.807) is 26.2 Å². The first kappa shape index (κ1) is 27.1. The van der Waals surface area contributed by atoms with Crippen LogP contribution in [-0.4, -0.2) is 48.4 Å². The maximum atomic E-state index is 11.9. The fraction of sp³-hybridized carbons (Fsp3) is 0.600. The number of nitrogens with one attached hydrogen (secondary N) is 2.